The number of ketones is 1. The van der Waals surface area contributed by atoms with Gasteiger partial charge in [-0.3, -0.25) is 24.7 Å². The van der Waals surface area contributed by atoms with E-state index in [9.17, 15) is 45.0 Å². The van der Waals surface area contributed by atoms with Crippen molar-refractivity contribution < 1.29 is 72.1 Å². The van der Waals surface area contributed by atoms with Crippen LogP contribution in [0.4, 0.5) is 52.7 Å². The number of aromatic nitrogens is 3. The van der Waals surface area contributed by atoms with Crippen LogP contribution in [0.3, 0.4) is 0 Å². The van der Waals surface area contributed by atoms with E-state index in [1.54, 1.807) is 18.2 Å². The Bertz CT molecular complexity index is 3940. The van der Waals surface area contributed by atoms with Gasteiger partial charge in [0.2, 0.25) is 5.78 Å². The van der Waals surface area contributed by atoms with Crippen molar-refractivity contribution in [3.63, 3.8) is 0 Å². The summed E-state index contributed by atoms with van der Waals surface area (Å²) in [5.41, 5.74) is -9.80. The van der Waals surface area contributed by atoms with Crippen molar-refractivity contribution in [2.75, 3.05) is 26.4 Å². The molecule has 0 radical (unpaired) electrons. The fourth-order valence-electron chi connectivity index (χ4n) is 8.25. The van der Waals surface area contributed by atoms with Crippen molar-refractivity contribution in [1.82, 2.24) is 15.0 Å². The van der Waals surface area contributed by atoms with Gasteiger partial charge in [-0.05, 0) is 121 Å². The molecule has 1 saturated heterocycles. The predicted octanol–water partition coefficient (Wildman–Crippen LogP) is 17.1. The lowest BCUT2D eigenvalue weighted by Gasteiger charge is -2.35. The Morgan fingerprint density at radius 1 is 0.616 bits per heavy atom. The third kappa shape index (κ3) is 15.1. The average Bonchev–Trinajstić information content (AvgIpc) is 1.60. The maximum absolute atomic E-state index is 15.5. The minimum Gasteiger partial charge on any atom is -0.382 e. The summed E-state index contributed by atoms with van der Waals surface area (Å²) in [6.45, 7) is 4.24. The molecule has 454 valence electrons. The molecule has 4 heterocycles. The first-order valence-electron chi connectivity index (χ1n) is 24.5. The van der Waals surface area contributed by atoms with Gasteiger partial charge in [0.25, 0.3) is 0 Å². The number of pyridine rings is 3. The Morgan fingerprint density at radius 3 is 1.51 bits per heavy atom. The van der Waals surface area contributed by atoms with Gasteiger partial charge in [0.15, 0.2) is 11.2 Å². The lowest BCUT2D eigenvalue weighted by Crippen LogP contribution is -2.47. The van der Waals surface area contributed by atoms with E-state index in [-0.39, 0.29) is 21.5 Å². The molecule has 3 aromatic heterocycles. The molecule has 2 unspecified atom stereocenters. The van der Waals surface area contributed by atoms with Crippen molar-refractivity contribution in [2.24, 2.45) is 21.2 Å². The maximum atomic E-state index is 15.5. The second-order valence-electron chi connectivity index (χ2n) is 18.1. The minimum atomic E-state index is -4.14. The van der Waals surface area contributed by atoms with Gasteiger partial charge in [0, 0.05) is 92.4 Å². The Labute approximate surface area is 499 Å². The number of carbonyl (C=O) groups excluding carboxylic acids is 1. The number of epoxide rings is 1. The van der Waals surface area contributed by atoms with Crippen LogP contribution in [0, 0.1) is 34.9 Å². The largest absolute Gasteiger partial charge is 0.382 e. The number of Topliss-reactive ketones (excluding diaryl/α,β-unsaturated/α-hetero) is 1. The van der Waals surface area contributed by atoms with Crippen LogP contribution in [0.25, 0.3) is 32.3 Å². The predicted molar refractivity (Wildman–Crippen MR) is 305 cm³/mol. The minimum absolute atomic E-state index is 0. The highest BCUT2D eigenvalue weighted by atomic mass is 35.5. The molecule has 2 atom stereocenters. The smallest absolute Gasteiger partial charge is 0.351 e. The number of benzene rings is 6. The number of alkyl halides is 6. The zero-order chi connectivity index (χ0) is 61.4. The van der Waals surface area contributed by atoms with Crippen LogP contribution in [-0.2, 0) is 38.4 Å². The average molecular weight is 1270 g/mol. The number of nitrogens with two attached hydrogens (primary N) is 1. The molecule has 1 aliphatic heterocycles. The maximum Gasteiger partial charge on any atom is 0.351 e. The summed E-state index contributed by atoms with van der Waals surface area (Å²) < 4.78 is 181. The van der Waals surface area contributed by atoms with Gasteiger partial charge < -0.3 is 20.4 Å². The number of aliphatic imine (C=N–C) groups is 1. The molecule has 3 N–H and O–H groups in total. The monoisotopic (exact) mass is 1270 g/mol. The molecule has 10 rings (SSSR count). The van der Waals surface area contributed by atoms with Gasteiger partial charge in [-0.15, -0.1) is 5.11 Å². The molecule has 0 saturated carbocycles. The Hall–Kier alpha value is -7.80. The molecule has 11 nitrogen and oxygen atoms in total. The zero-order valence-electron chi connectivity index (χ0n) is 43.4. The Morgan fingerprint density at radius 2 is 1.06 bits per heavy atom. The van der Waals surface area contributed by atoms with Crippen LogP contribution in [0.1, 0.15) is 67.3 Å². The van der Waals surface area contributed by atoms with E-state index in [1.807, 2.05) is 13.8 Å². The Balaban J connectivity index is 0.000000225. The normalized spacial score (nSPS) is 14.7. The van der Waals surface area contributed by atoms with E-state index in [4.69, 9.17) is 50.1 Å². The number of halogens is 15. The summed E-state index contributed by atoms with van der Waals surface area (Å²) in [6.07, 6.45) is 4.30. The SMILES string of the molecule is C.C.CCOCC.Fc1ccc(C2(C(F)(F)c3cc4ccc(Cl)cc4cn3)CO2)c(F)c1.NN=NC=NCC(O)(c1ccc(F)cc1F)C(F)(F)c1cc2ccc(Cl)cc2cn1.O=C(c1ccc(F)cc1F)C(F)(F)c1cc2ccc(Cl)cc2cn1. The molecule has 0 aliphatic carbocycles. The summed E-state index contributed by atoms with van der Waals surface area (Å²) in [4.78, 5) is 26.7. The van der Waals surface area contributed by atoms with Crippen LogP contribution >= 0.6 is 34.8 Å². The second-order valence-corrected chi connectivity index (χ2v) is 19.4. The van der Waals surface area contributed by atoms with Gasteiger partial charge in [0.1, 0.15) is 58.3 Å². The quantitative estimate of drug-likeness (QED) is 0.0159. The van der Waals surface area contributed by atoms with E-state index in [2.05, 4.69) is 30.3 Å². The summed E-state index contributed by atoms with van der Waals surface area (Å²) in [5, 5.41) is 21.2. The van der Waals surface area contributed by atoms with E-state index in [0.29, 0.717) is 71.7 Å². The zero-order valence-corrected chi connectivity index (χ0v) is 45.6. The summed E-state index contributed by atoms with van der Waals surface area (Å²) in [5.74, 6) is -15.4. The fraction of sp³-hybridized carbons (Fsp3) is 0.217. The third-order valence-electron chi connectivity index (χ3n) is 12.6. The molecule has 0 amide bonds. The molecule has 6 aromatic carbocycles. The fourth-order valence-corrected chi connectivity index (χ4v) is 8.79. The first kappa shape index (κ1) is 69.0. The summed E-state index contributed by atoms with van der Waals surface area (Å²) >= 11 is 17.6. The van der Waals surface area contributed by atoms with E-state index < -0.39 is 110 Å². The molecule has 1 aliphatic rings. The number of nitrogens with zero attached hydrogens (tertiary/aromatic N) is 6. The van der Waals surface area contributed by atoms with E-state index in [0.717, 1.165) is 74.4 Å². The number of rotatable bonds is 14. The first-order valence-corrected chi connectivity index (χ1v) is 25.6. The summed E-state index contributed by atoms with van der Waals surface area (Å²) in [6, 6.07) is 23.3. The van der Waals surface area contributed by atoms with Crippen molar-refractivity contribution in [3.05, 3.63) is 230 Å². The molecule has 86 heavy (non-hydrogen) atoms. The van der Waals surface area contributed by atoms with Crippen LogP contribution < -0.4 is 5.84 Å². The number of aliphatic hydroxyl groups is 1. The van der Waals surface area contributed by atoms with Crippen LogP contribution in [0.15, 0.2) is 161 Å². The molecule has 0 spiro atoms. The van der Waals surface area contributed by atoms with Gasteiger partial charge in [-0.1, -0.05) is 73.1 Å². The van der Waals surface area contributed by atoms with Crippen molar-refractivity contribution in [1.29, 1.82) is 0 Å². The molecular weight excluding hydrogens is 1220 g/mol. The highest BCUT2D eigenvalue weighted by Gasteiger charge is 2.68. The van der Waals surface area contributed by atoms with Gasteiger partial charge in [0.05, 0.1) is 18.7 Å². The van der Waals surface area contributed by atoms with Gasteiger partial charge in [-0.2, -0.15) is 26.3 Å². The molecule has 9 aromatic rings. The van der Waals surface area contributed by atoms with Crippen LogP contribution in [0.5, 0.6) is 0 Å². The lowest BCUT2D eigenvalue weighted by molar-refractivity contribution is -0.193. The van der Waals surface area contributed by atoms with Gasteiger partial charge >= 0.3 is 17.8 Å². The number of carbonyl (C=O) groups is 1. The number of hydrogen-bond acceptors (Lipinski definition) is 9. The van der Waals surface area contributed by atoms with Crippen molar-refractivity contribution in [3.8, 4) is 0 Å². The Kier molecular flexibility index (Phi) is 22.9. The van der Waals surface area contributed by atoms with Crippen LogP contribution in [0.2, 0.25) is 15.1 Å². The van der Waals surface area contributed by atoms with E-state index >= 15 is 17.6 Å². The second kappa shape index (κ2) is 28.6. The topological polar surface area (TPSA) is 161 Å². The van der Waals surface area contributed by atoms with Gasteiger partial charge in [-0.25, -0.2) is 26.3 Å². The number of fused-ring (bicyclic) bond motifs is 3. The van der Waals surface area contributed by atoms with Crippen molar-refractivity contribution >= 4 is 79.2 Å². The standard InChI is InChI=1S/C19H14ClF4N5O.C18H10ClF4NO.C17H8ClF4NO.C4H10O.2CH4/c20-13-2-1-11-6-17(27-8-12(11)5-13)19(23,24)18(30,9-26-10-28-29-25)15-4-3-14(21)7-16(15)22;19-12-2-1-10-6-16(24-8-11(10)5-12)18(22,23)17(9-25-17)14-4-3-13(20)7-15(14)21;18-11-2-1-9-6-15(23-8-10(9)5-11)17(21,22)16(24)13-4-3-12(19)7-14(13)20;1-3-5-4-2;;/h1-8,10,30H,9H2,(H2,25,26,28);1-8H,9H2;1-8H;3-4H2,1-2H3;2*1H4. The highest BCUT2D eigenvalue weighted by molar-refractivity contribution is 6.32. The lowest BCUT2D eigenvalue weighted by atomic mass is 9.84. The van der Waals surface area contributed by atoms with Crippen molar-refractivity contribution in [2.45, 2.75) is 57.7 Å². The summed E-state index contributed by atoms with van der Waals surface area (Å²) in [7, 11) is 0. The number of hydrogen-bond donors (Lipinski definition) is 2. The molecule has 1 fully saturated rings. The van der Waals surface area contributed by atoms with Crippen LogP contribution in [-0.4, -0.2) is 58.5 Å². The molecule has 26 heteroatoms. The van der Waals surface area contributed by atoms with E-state index in [1.165, 1.54) is 48.7 Å². The highest BCUT2D eigenvalue weighted by Crippen LogP contribution is 2.56. The number of ether oxygens (including phenoxy) is 2. The third-order valence-corrected chi connectivity index (χ3v) is 13.3. The molecular formula is C60H50Cl3F12N7O4. The first-order chi connectivity index (χ1) is 39.7. The molecule has 0 bridgehead atoms.